The number of hydrogen-bond acceptors (Lipinski definition) is 10. The minimum absolute atomic E-state index is 0.0211. The molecule has 4 aromatic rings. The summed E-state index contributed by atoms with van der Waals surface area (Å²) in [4.78, 5) is 43.8. The predicted molar refractivity (Wildman–Crippen MR) is 204 cm³/mol. The SMILES string of the molecule is C[C@]12CN(CC(F)(F)C1)c1nc(OC[C@@]34CCCN3C[C@H](F)C4)nc3c(F)c(ncc13)-c1cc(OC(=O)N3CCCC(F)(F)C3)cc3ccc(F)c(c13)CCCOC(=O)N2. The van der Waals surface area contributed by atoms with E-state index in [1.165, 1.54) is 36.2 Å². The fourth-order valence-electron chi connectivity index (χ4n) is 9.80. The molecule has 0 saturated carbocycles. The van der Waals surface area contributed by atoms with Crippen molar-refractivity contribution in [2.24, 2.45) is 0 Å². The van der Waals surface area contributed by atoms with Crippen LogP contribution in [0.2, 0.25) is 0 Å². The van der Waals surface area contributed by atoms with E-state index in [2.05, 4.69) is 20.3 Å². The summed E-state index contributed by atoms with van der Waals surface area (Å²) in [6, 6.07) is 4.81. The average Bonchev–Trinajstić information content (AvgIpc) is 3.70. The monoisotopic (exact) mass is 845 g/mol. The second-order valence-corrected chi connectivity index (χ2v) is 17.0. The number of carbonyl (C=O) groups excluding carboxylic acids is 2. The number of aryl methyl sites for hydroxylation is 1. The van der Waals surface area contributed by atoms with Gasteiger partial charge in [-0.05, 0) is 80.1 Å². The lowest BCUT2D eigenvalue weighted by atomic mass is 9.88. The number of halogens is 7. The van der Waals surface area contributed by atoms with E-state index in [9.17, 15) is 22.8 Å². The molecule has 0 spiro atoms. The number of rotatable bonds is 4. The first-order valence-electron chi connectivity index (χ1n) is 20.1. The number of hydrogen-bond donors (Lipinski definition) is 1. The molecule has 19 heteroatoms. The highest BCUT2D eigenvalue weighted by Crippen LogP contribution is 2.44. The lowest BCUT2D eigenvalue weighted by Gasteiger charge is -2.44. The van der Waals surface area contributed by atoms with Crippen LogP contribution in [0.1, 0.15) is 57.4 Å². The van der Waals surface area contributed by atoms with Gasteiger partial charge in [-0.15, -0.1) is 0 Å². The Labute approximate surface area is 339 Å². The fourth-order valence-corrected chi connectivity index (χ4v) is 9.80. The number of ether oxygens (including phenoxy) is 3. The molecule has 6 aliphatic heterocycles. The summed E-state index contributed by atoms with van der Waals surface area (Å²) in [6.45, 7) is 0.0707. The average molecular weight is 846 g/mol. The Morgan fingerprint density at radius 1 is 1.02 bits per heavy atom. The first-order valence-corrected chi connectivity index (χ1v) is 20.1. The fraction of sp³-hybridized carbons (Fsp3) is 0.537. The largest absolute Gasteiger partial charge is 0.461 e. The lowest BCUT2D eigenvalue weighted by Crippen LogP contribution is -2.63. The van der Waals surface area contributed by atoms with Crippen molar-refractivity contribution in [1.29, 1.82) is 0 Å². The molecule has 60 heavy (non-hydrogen) atoms. The number of fused-ring (bicyclic) bond motifs is 7. The molecule has 320 valence electrons. The highest BCUT2D eigenvalue weighted by molar-refractivity contribution is 6.02. The summed E-state index contributed by atoms with van der Waals surface area (Å²) in [5.74, 6) is -8.61. The molecular weight excluding hydrogens is 803 g/mol. The van der Waals surface area contributed by atoms with E-state index in [0.29, 0.717) is 13.0 Å². The number of amides is 2. The number of likely N-dealkylation sites (tertiary alicyclic amines) is 1. The van der Waals surface area contributed by atoms with Gasteiger partial charge in [0.05, 0.1) is 36.2 Å². The Bertz CT molecular complexity index is 2390. The molecule has 3 atom stereocenters. The van der Waals surface area contributed by atoms with Crippen LogP contribution >= 0.6 is 0 Å². The van der Waals surface area contributed by atoms with Crippen molar-refractivity contribution in [1.82, 2.24) is 30.1 Å². The van der Waals surface area contributed by atoms with Crippen molar-refractivity contribution in [3.8, 4) is 23.0 Å². The molecule has 6 aliphatic rings. The number of nitrogens with one attached hydrogen (secondary N) is 1. The summed E-state index contributed by atoms with van der Waals surface area (Å²) >= 11 is 0. The van der Waals surface area contributed by atoms with Crippen molar-refractivity contribution in [2.75, 3.05) is 57.4 Å². The van der Waals surface area contributed by atoms with Gasteiger partial charge in [-0.1, -0.05) is 6.07 Å². The van der Waals surface area contributed by atoms with Gasteiger partial charge in [0.15, 0.2) is 5.82 Å². The number of anilines is 1. The third-order valence-corrected chi connectivity index (χ3v) is 12.2. The third kappa shape index (κ3) is 7.57. The zero-order valence-corrected chi connectivity index (χ0v) is 32.6. The number of carbonyl (C=O) groups is 2. The van der Waals surface area contributed by atoms with Crippen molar-refractivity contribution in [3.63, 3.8) is 0 Å². The van der Waals surface area contributed by atoms with Gasteiger partial charge in [0, 0.05) is 50.7 Å². The van der Waals surface area contributed by atoms with E-state index in [1.54, 1.807) is 0 Å². The zero-order valence-electron chi connectivity index (χ0n) is 32.6. The normalized spacial score (nSPS) is 26.5. The third-order valence-electron chi connectivity index (χ3n) is 12.2. The molecule has 0 aliphatic carbocycles. The van der Waals surface area contributed by atoms with E-state index in [1.807, 2.05) is 4.90 Å². The smallest absolute Gasteiger partial charge is 0.415 e. The number of piperidine rings is 2. The first kappa shape index (κ1) is 40.2. The van der Waals surface area contributed by atoms with Gasteiger partial charge in [-0.3, -0.25) is 9.88 Å². The molecule has 2 aromatic heterocycles. The highest BCUT2D eigenvalue weighted by atomic mass is 19.3. The van der Waals surface area contributed by atoms with Crippen molar-refractivity contribution in [2.45, 2.75) is 87.4 Å². The summed E-state index contributed by atoms with van der Waals surface area (Å²) in [5.41, 5.74) is -3.01. The second kappa shape index (κ2) is 14.8. The van der Waals surface area contributed by atoms with Crippen LogP contribution in [0.5, 0.6) is 11.8 Å². The van der Waals surface area contributed by atoms with E-state index >= 15 is 17.6 Å². The van der Waals surface area contributed by atoms with Crippen LogP contribution in [-0.2, 0) is 11.2 Å². The zero-order chi connectivity index (χ0) is 42.2. The number of alkyl halides is 5. The molecule has 4 saturated heterocycles. The van der Waals surface area contributed by atoms with Crippen LogP contribution in [0.4, 0.5) is 46.1 Å². The van der Waals surface area contributed by atoms with Crippen LogP contribution in [0, 0.1) is 11.6 Å². The summed E-state index contributed by atoms with van der Waals surface area (Å²) in [7, 11) is 0. The van der Waals surface area contributed by atoms with Crippen molar-refractivity contribution in [3.05, 3.63) is 47.7 Å². The summed E-state index contributed by atoms with van der Waals surface area (Å²) < 4.78 is 125. The molecular formula is C41H42F7N7O5. The first-order chi connectivity index (χ1) is 28.5. The summed E-state index contributed by atoms with van der Waals surface area (Å²) in [5, 5.41) is 2.91. The number of pyridine rings is 1. The van der Waals surface area contributed by atoms with Gasteiger partial charge in [0.2, 0.25) is 0 Å². The van der Waals surface area contributed by atoms with Gasteiger partial charge in [0.1, 0.15) is 41.4 Å². The molecule has 6 bridgehead atoms. The van der Waals surface area contributed by atoms with Crippen LogP contribution < -0.4 is 19.7 Å². The molecule has 0 radical (unpaired) electrons. The van der Waals surface area contributed by atoms with E-state index < -0.39 is 77.9 Å². The van der Waals surface area contributed by atoms with E-state index in [0.717, 1.165) is 17.4 Å². The highest BCUT2D eigenvalue weighted by Gasteiger charge is 2.51. The Balaban J connectivity index is 1.21. The van der Waals surface area contributed by atoms with Crippen LogP contribution in [0.25, 0.3) is 32.9 Å². The number of aromatic nitrogens is 3. The molecule has 8 heterocycles. The quantitative estimate of drug-likeness (QED) is 0.206. The predicted octanol–water partition coefficient (Wildman–Crippen LogP) is 7.58. The van der Waals surface area contributed by atoms with Crippen LogP contribution in [0.3, 0.4) is 0 Å². The Morgan fingerprint density at radius 3 is 2.65 bits per heavy atom. The standard InChI is InChI=1S/C41H42F7N7O5/c1-38-18-41(47,48)21-54(19-38)34-28-16-49-32(31(44)33(28)50-35(51-34)59-22-39-8-3-11-55(39)17-24(42)15-39)27-14-25(60-37(57)53-10-4-9-40(45,46)20-53)13-23-6-7-29(43)26(30(23)27)5-2-12-58-36(56)52-38/h6-7,13-14,16,24H,2-5,8-12,15,17-22H2,1H3,(H,52,56)/t24-,38-,39+/m1/s1. The van der Waals surface area contributed by atoms with Gasteiger partial charge in [0.25, 0.3) is 11.8 Å². The van der Waals surface area contributed by atoms with E-state index in [-0.39, 0.29) is 116 Å². The molecule has 1 N–H and O–H groups in total. The minimum atomic E-state index is -3.39. The molecule has 4 fully saturated rings. The topological polar surface area (TPSA) is 122 Å². The molecule has 2 aromatic carbocycles. The van der Waals surface area contributed by atoms with Crippen molar-refractivity contribution >= 4 is 39.7 Å². The Morgan fingerprint density at radius 2 is 1.83 bits per heavy atom. The van der Waals surface area contributed by atoms with Crippen LogP contribution in [0.15, 0.2) is 30.5 Å². The van der Waals surface area contributed by atoms with E-state index in [4.69, 9.17) is 14.2 Å². The number of alkyl carbamates (subject to hydrolysis) is 1. The molecule has 0 unspecified atom stereocenters. The maximum atomic E-state index is 17.5. The van der Waals surface area contributed by atoms with Crippen molar-refractivity contribution < 1.29 is 54.5 Å². The maximum Gasteiger partial charge on any atom is 0.415 e. The molecule has 12 nitrogen and oxygen atoms in total. The van der Waals surface area contributed by atoms with Crippen LogP contribution in [-0.4, -0.2) is 119 Å². The van der Waals surface area contributed by atoms with Gasteiger partial charge in [-0.2, -0.15) is 9.97 Å². The van der Waals surface area contributed by atoms with Gasteiger partial charge in [-0.25, -0.2) is 40.3 Å². The molecule has 2 amide bonds. The van der Waals surface area contributed by atoms with Gasteiger partial charge < -0.3 is 29.3 Å². The number of benzene rings is 2. The Hall–Kier alpha value is -5.20. The maximum absolute atomic E-state index is 17.5. The summed E-state index contributed by atoms with van der Waals surface area (Å²) in [6.07, 6.45) is -1.40. The second-order valence-electron chi connectivity index (χ2n) is 17.0. The lowest BCUT2D eigenvalue weighted by molar-refractivity contribution is -0.0565. The Kier molecular flexibility index (Phi) is 9.89. The van der Waals surface area contributed by atoms with Gasteiger partial charge >= 0.3 is 18.2 Å². The minimum Gasteiger partial charge on any atom is -0.461 e. The molecule has 10 rings (SSSR count). The number of nitrogens with zero attached hydrogens (tertiary/aromatic N) is 6.